The molecule has 0 bridgehead atoms. The van der Waals surface area contributed by atoms with Crippen LogP contribution in [0.1, 0.15) is 27.4 Å². The van der Waals surface area contributed by atoms with E-state index in [1.807, 2.05) is 0 Å². The van der Waals surface area contributed by atoms with Gasteiger partial charge >= 0.3 is 6.18 Å². The minimum absolute atomic E-state index is 0.136. The average molecular weight is 495 g/mol. The number of alkyl halides is 3. The molecule has 0 aromatic heterocycles. The van der Waals surface area contributed by atoms with Crippen LogP contribution in [0, 0.1) is 34.2 Å². The van der Waals surface area contributed by atoms with E-state index in [0.717, 1.165) is 18.2 Å². The molecule has 1 aliphatic rings. The summed E-state index contributed by atoms with van der Waals surface area (Å²) in [4.78, 5) is 26.4. The van der Waals surface area contributed by atoms with Crippen LogP contribution in [-0.4, -0.2) is 41.7 Å². The lowest BCUT2D eigenvalue weighted by atomic mass is 9.79. The number of nitriles is 1. The molecule has 4 N–H and O–H groups in total. The van der Waals surface area contributed by atoms with Crippen molar-refractivity contribution in [3.63, 3.8) is 0 Å². The van der Waals surface area contributed by atoms with E-state index in [1.165, 1.54) is 0 Å². The number of halogens is 6. The topological polar surface area (TPSA) is 123 Å². The standard InChI is InChI=1S/C22H15F6N5O2/c23-15-2-1-12(3-10(15)6-29)32-20(34)18-13-4-16(24)17(25)5-14(13)21(35)33(9-22(26,27)28)19(18)11(7-30)8-31/h1-5,7-8,18-19,30H,9,31H2,(H,32,34)/b11-8+,30-7?/t18-,19+/m0/s1. The predicted molar refractivity (Wildman–Crippen MR) is 111 cm³/mol. The maximum atomic E-state index is 14.1. The molecule has 182 valence electrons. The SMILES string of the molecule is N#Cc1cc(NC(=O)[C@H]2c3cc(F)c(F)cc3C(=O)N(CC(F)(F)F)[C@@H]2/C(C=N)=C/N)ccc1F. The Kier molecular flexibility index (Phi) is 6.86. The Morgan fingerprint density at radius 3 is 2.40 bits per heavy atom. The van der Waals surface area contributed by atoms with Crippen LogP contribution in [-0.2, 0) is 4.79 Å². The molecule has 0 saturated carbocycles. The molecule has 0 radical (unpaired) electrons. The number of amides is 2. The number of fused-ring (bicyclic) bond motifs is 1. The third-order valence-corrected chi connectivity index (χ3v) is 5.26. The number of rotatable bonds is 5. The first-order chi connectivity index (χ1) is 16.4. The van der Waals surface area contributed by atoms with Crippen molar-refractivity contribution in [3.8, 4) is 6.07 Å². The van der Waals surface area contributed by atoms with Crippen LogP contribution in [0.5, 0.6) is 0 Å². The summed E-state index contributed by atoms with van der Waals surface area (Å²) >= 11 is 0. The largest absolute Gasteiger partial charge is 0.406 e. The van der Waals surface area contributed by atoms with Gasteiger partial charge in [-0.15, -0.1) is 0 Å². The Balaban J connectivity index is 2.22. The smallest absolute Gasteiger partial charge is 0.404 e. The summed E-state index contributed by atoms with van der Waals surface area (Å²) in [7, 11) is 0. The molecule has 35 heavy (non-hydrogen) atoms. The number of hydrogen-bond acceptors (Lipinski definition) is 5. The van der Waals surface area contributed by atoms with Gasteiger partial charge in [0, 0.05) is 29.2 Å². The zero-order valence-electron chi connectivity index (χ0n) is 17.5. The van der Waals surface area contributed by atoms with Crippen molar-refractivity contribution in [1.29, 1.82) is 10.7 Å². The number of anilines is 1. The fraction of sp³-hybridized carbons (Fsp3) is 0.182. The molecule has 0 unspecified atom stereocenters. The molecule has 1 aliphatic heterocycles. The lowest BCUT2D eigenvalue weighted by Crippen LogP contribution is -2.55. The Labute approximate surface area is 193 Å². The first-order valence-electron chi connectivity index (χ1n) is 9.71. The quantitative estimate of drug-likeness (QED) is 0.434. The highest BCUT2D eigenvalue weighted by Crippen LogP contribution is 2.39. The van der Waals surface area contributed by atoms with Gasteiger partial charge in [-0.25, -0.2) is 13.2 Å². The normalized spacial score (nSPS) is 18.0. The lowest BCUT2D eigenvalue weighted by Gasteiger charge is -2.42. The molecule has 0 spiro atoms. The van der Waals surface area contributed by atoms with Gasteiger partial charge in [-0.05, 0) is 35.9 Å². The van der Waals surface area contributed by atoms with Crippen molar-refractivity contribution in [2.45, 2.75) is 18.1 Å². The zero-order chi connectivity index (χ0) is 26.1. The first-order valence-corrected chi connectivity index (χ1v) is 9.71. The monoisotopic (exact) mass is 495 g/mol. The Morgan fingerprint density at radius 1 is 1.17 bits per heavy atom. The Bertz CT molecular complexity index is 1280. The summed E-state index contributed by atoms with van der Waals surface area (Å²) < 4.78 is 81.8. The molecule has 0 aliphatic carbocycles. The van der Waals surface area contributed by atoms with Gasteiger partial charge in [-0.3, -0.25) is 9.59 Å². The molecule has 13 heteroatoms. The summed E-state index contributed by atoms with van der Waals surface area (Å²) in [6, 6.07) is 3.48. The summed E-state index contributed by atoms with van der Waals surface area (Å²) in [5.41, 5.74) is 3.33. The van der Waals surface area contributed by atoms with Crippen molar-refractivity contribution in [2.24, 2.45) is 5.73 Å². The summed E-state index contributed by atoms with van der Waals surface area (Å²) in [5.74, 6) is -8.17. The van der Waals surface area contributed by atoms with Crippen LogP contribution < -0.4 is 11.1 Å². The van der Waals surface area contributed by atoms with Gasteiger partial charge in [0.1, 0.15) is 18.4 Å². The molecule has 2 amide bonds. The molecule has 3 rings (SSSR count). The average Bonchev–Trinajstić information content (AvgIpc) is 2.79. The zero-order valence-corrected chi connectivity index (χ0v) is 17.5. The van der Waals surface area contributed by atoms with Crippen LogP contribution >= 0.6 is 0 Å². The molecular weight excluding hydrogens is 480 g/mol. The molecule has 2 aromatic rings. The third kappa shape index (κ3) is 4.96. The first kappa shape index (κ1) is 25.3. The van der Waals surface area contributed by atoms with Gasteiger partial charge in [0.15, 0.2) is 11.6 Å². The second kappa shape index (κ2) is 9.49. The molecule has 0 saturated heterocycles. The highest BCUT2D eigenvalue weighted by atomic mass is 19.4. The van der Waals surface area contributed by atoms with Crippen LogP contribution in [0.25, 0.3) is 0 Å². The fourth-order valence-electron chi connectivity index (χ4n) is 3.80. The van der Waals surface area contributed by atoms with Crippen molar-refractivity contribution < 1.29 is 35.9 Å². The summed E-state index contributed by atoms with van der Waals surface area (Å²) in [6.07, 6.45) is -3.73. The van der Waals surface area contributed by atoms with E-state index in [2.05, 4.69) is 5.32 Å². The highest BCUT2D eigenvalue weighted by Gasteiger charge is 2.48. The second-order valence-electron chi connectivity index (χ2n) is 7.43. The molecule has 2 atom stereocenters. The molecule has 2 aromatic carbocycles. The number of hydrogen-bond donors (Lipinski definition) is 3. The van der Waals surface area contributed by atoms with E-state index in [0.29, 0.717) is 24.5 Å². The second-order valence-corrected chi connectivity index (χ2v) is 7.43. The fourth-order valence-corrected chi connectivity index (χ4v) is 3.80. The molecule has 1 heterocycles. The molecular formula is C22H15F6N5O2. The number of carbonyl (C=O) groups excluding carboxylic acids is 2. The number of carbonyl (C=O) groups is 2. The van der Waals surface area contributed by atoms with Gasteiger partial charge in [0.2, 0.25) is 5.91 Å². The molecule has 7 nitrogen and oxygen atoms in total. The number of nitrogens with one attached hydrogen (secondary N) is 2. The third-order valence-electron chi connectivity index (χ3n) is 5.26. The lowest BCUT2D eigenvalue weighted by molar-refractivity contribution is -0.146. The van der Waals surface area contributed by atoms with Crippen molar-refractivity contribution >= 4 is 23.7 Å². The van der Waals surface area contributed by atoms with E-state index in [4.69, 9.17) is 16.4 Å². The van der Waals surface area contributed by atoms with E-state index in [9.17, 15) is 35.9 Å². The Morgan fingerprint density at radius 2 is 1.83 bits per heavy atom. The van der Waals surface area contributed by atoms with E-state index in [1.54, 1.807) is 6.07 Å². The highest BCUT2D eigenvalue weighted by molar-refractivity contribution is 6.06. The minimum Gasteiger partial charge on any atom is -0.404 e. The van der Waals surface area contributed by atoms with Crippen LogP contribution in [0.4, 0.5) is 32.0 Å². The van der Waals surface area contributed by atoms with Crippen LogP contribution in [0.3, 0.4) is 0 Å². The predicted octanol–water partition coefficient (Wildman–Crippen LogP) is 3.58. The summed E-state index contributed by atoms with van der Waals surface area (Å²) in [6.45, 7) is -1.89. The number of nitrogens with two attached hydrogens (primary N) is 1. The van der Waals surface area contributed by atoms with E-state index in [-0.39, 0.29) is 10.6 Å². The minimum atomic E-state index is -4.97. The van der Waals surface area contributed by atoms with Gasteiger partial charge < -0.3 is 21.4 Å². The maximum absolute atomic E-state index is 14.1. The van der Waals surface area contributed by atoms with E-state index >= 15 is 0 Å². The van der Waals surface area contributed by atoms with Crippen LogP contribution in [0.2, 0.25) is 0 Å². The Hall–Kier alpha value is -4.34. The van der Waals surface area contributed by atoms with Gasteiger partial charge in [-0.1, -0.05) is 0 Å². The summed E-state index contributed by atoms with van der Waals surface area (Å²) in [5, 5.41) is 18.8. The number of nitrogens with zero attached hydrogens (tertiary/aromatic N) is 2. The molecule has 0 fully saturated rings. The maximum Gasteiger partial charge on any atom is 0.406 e. The van der Waals surface area contributed by atoms with Crippen molar-refractivity contribution in [1.82, 2.24) is 4.90 Å². The number of benzene rings is 2. The van der Waals surface area contributed by atoms with Gasteiger partial charge in [-0.2, -0.15) is 18.4 Å². The van der Waals surface area contributed by atoms with Gasteiger partial charge in [0.05, 0.1) is 17.5 Å². The van der Waals surface area contributed by atoms with Gasteiger partial charge in [0.25, 0.3) is 5.91 Å². The van der Waals surface area contributed by atoms with Crippen molar-refractivity contribution in [2.75, 3.05) is 11.9 Å². The van der Waals surface area contributed by atoms with Crippen LogP contribution in [0.15, 0.2) is 42.1 Å². The van der Waals surface area contributed by atoms with Crippen molar-refractivity contribution in [3.05, 3.63) is 76.2 Å². The van der Waals surface area contributed by atoms with E-state index < -0.39 is 76.2 Å².